The van der Waals surface area contributed by atoms with Gasteiger partial charge in [0, 0.05) is 43.4 Å². The van der Waals surface area contributed by atoms with Gasteiger partial charge in [0.15, 0.2) is 5.82 Å². The van der Waals surface area contributed by atoms with Crippen molar-refractivity contribution in [1.29, 1.82) is 0 Å². The first kappa shape index (κ1) is 19.1. The van der Waals surface area contributed by atoms with Gasteiger partial charge in [-0.3, -0.25) is 9.48 Å². The minimum absolute atomic E-state index is 0. The average molecular weight is 388 g/mol. The van der Waals surface area contributed by atoms with Crippen LogP contribution in [0.3, 0.4) is 0 Å². The number of hydrogen-bond donors (Lipinski definition) is 2. The van der Waals surface area contributed by atoms with Gasteiger partial charge in [0.1, 0.15) is 5.69 Å². The van der Waals surface area contributed by atoms with E-state index >= 15 is 0 Å². The maximum Gasteiger partial charge on any atom is 0.272 e. The monoisotopic (exact) mass is 387 g/mol. The van der Waals surface area contributed by atoms with E-state index in [1.165, 1.54) is 0 Å². The zero-order valence-electron chi connectivity index (χ0n) is 14.8. The van der Waals surface area contributed by atoms with Crippen molar-refractivity contribution in [2.24, 2.45) is 0 Å². The Labute approximate surface area is 163 Å². The Morgan fingerprint density at radius 2 is 2.19 bits per heavy atom. The minimum atomic E-state index is -0.192. The summed E-state index contributed by atoms with van der Waals surface area (Å²) in [4.78, 5) is 16.8. The van der Waals surface area contributed by atoms with Gasteiger partial charge in [-0.15, -0.1) is 12.4 Å². The van der Waals surface area contributed by atoms with E-state index in [0.717, 1.165) is 31.5 Å². The smallest absolute Gasteiger partial charge is 0.272 e. The zero-order valence-corrected chi connectivity index (χ0v) is 15.6. The second-order valence-corrected chi connectivity index (χ2v) is 6.30. The molecule has 0 aromatic carbocycles. The van der Waals surface area contributed by atoms with Crippen molar-refractivity contribution in [3.05, 3.63) is 60.3 Å². The number of pyridine rings is 1. The van der Waals surface area contributed by atoms with Crippen molar-refractivity contribution < 1.29 is 4.79 Å². The van der Waals surface area contributed by atoms with Gasteiger partial charge in [0.05, 0.1) is 6.04 Å². The molecule has 27 heavy (non-hydrogen) atoms. The molecular formula is C18H22ClN7O. The SMILES string of the molecule is Cl.O=C(NCc1cccnc1-n1cccn1)c1ccn(C2CCCNC2)n1. The third-order valence-corrected chi connectivity index (χ3v) is 4.51. The van der Waals surface area contributed by atoms with Gasteiger partial charge < -0.3 is 10.6 Å². The van der Waals surface area contributed by atoms with Gasteiger partial charge in [-0.2, -0.15) is 10.2 Å². The lowest BCUT2D eigenvalue weighted by molar-refractivity contribution is 0.0944. The molecule has 3 aromatic heterocycles. The molecular weight excluding hydrogens is 366 g/mol. The first-order valence-electron chi connectivity index (χ1n) is 8.79. The topological polar surface area (TPSA) is 89.7 Å². The highest BCUT2D eigenvalue weighted by molar-refractivity contribution is 5.92. The summed E-state index contributed by atoms with van der Waals surface area (Å²) in [5, 5.41) is 14.9. The molecule has 4 rings (SSSR count). The molecule has 1 fully saturated rings. The number of carbonyl (C=O) groups excluding carboxylic acids is 1. The zero-order chi connectivity index (χ0) is 17.8. The predicted molar refractivity (Wildman–Crippen MR) is 103 cm³/mol. The van der Waals surface area contributed by atoms with Crippen LogP contribution in [0.5, 0.6) is 0 Å². The Balaban J connectivity index is 0.00000210. The summed E-state index contributed by atoms with van der Waals surface area (Å²) in [5.74, 6) is 0.513. The molecule has 0 radical (unpaired) electrons. The van der Waals surface area contributed by atoms with Crippen LogP contribution in [-0.4, -0.2) is 43.5 Å². The van der Waals surface area contributed by atoms with E-state index in [1.807, 2.05) is 35.3 Å². The molecule has 0 saturated carbocycles. The summed E-state index contributed by atoms with van der Waals surface area (Å²) < 4.78 is 3.58. The van der Waals surface area contributed by atoms with Crippen LogP contribution in [0.1, 0.15) is 34.9 Å². The molecule has 1 unspecified atom stereocenters. The number of aromatic nitrogens is 5. The van der Waals surface area contributed by atoms with Crippen LogP contribution in [-0.2, 0) is 6.54 Å². The first-order chi connectivity index (χ1) is 12.8. The highest BCUT2D eigenvalue weighted by atomic mass is 35.5. The fraction of sp³-hybridized carbons (Fsp3) is 0.333. The summed E-state index contributed by atoms with van der Waals surface area (Å²) in [6, 6.07) is 7.69. The lowest BCUT2D eigenvalue weighted by atomic mass is 10.1. The van der Waals surface area contributed by atoms with E-state index in [1.54, 1.807) is 23.1 Å². The number of amides is 1. The molecule has 0 bridgehead atoms. The molecule has 4 heterocycles. The molecule has 0 aliphatic carbocycles. The molecule has 142 valence electrons. The van der Waals surface area contributed by atoms with Crippen molar-refractivity contribution in [3.63, 3.8) is 0 Å². The number of halogens is 1. The van der Waals surface area contributed by atoms with Gasteiger partial charge >= 0.3 is 0 Å². The molecule has 8 nitrogen and oxygen atoms in total. The van der Waals surface area contributed by atoms with Crippen molar-refractivity contribution in [2.75, 3.05) is 13.1 Å². The number of nitrogens with zero attached hydrogens (tertiary/aromatic N) is 5. The standard InChI is InChI=1S/C18H21N7O.ClH/c26-18(16-6-11-24(23-16)15-5-2-7-19-13-15)21-12-14-4-1-8-20-17(14)25-10-3-9-22-25;/h1,3-4,6,8-11,15,19H,2,5,7,12-13H2,(H,21,26);1H. The largest absolute Gasteiger partial charge is 0.346 e. The van der Waals surface area contributed by atoms with Crippen LogP contribution in [0.4, 0.5) is 0 Å². The quantitative estimate of drug-likeness (QED) is 0.696. The Kier molecular flexibility index (Phi) is 6.20. The highest BCUT2D eigenvalue weighted by Crippen LogP contribution is 2.16. The van der Waals surface area contributed by atoms with Gasteiger partial charge in [-0.05, 0) is 37.6 Å². The molecule has 0 spiro atoms. The van der Waals surface area contributed by atoms with Crippen molar-refractivity contribution in [1.82, 2.24) is 35.2 Å². The predicted octanol–water partition coefficient (Wildman–Crippen LogP) is 1.74. The summed E-state index contributed by atoms with van der Waals surface area (Å²) in [6.07, 6.45) is 9.33. The normalized spacial score (nSPS) is 16.5. The second-order valence-electron chi connectivity index (χ2n) is 6.30. The number of carbonyl (C=O) groups is 1. The maximum atomic E-state index is 12.5. The summed E-state index contributed by atoms with van der Waals surface area (Å²) >= 11 is 0. The van der Waals surface area contributed by atoms with E-state index in [9.17, 15) is 4.79 Å². The summed E-state index contributed by atoms with van der Waals surface area (Å²) in [7, 11) is 0. The fourth-order valence-electron chi connectivity index (χ4n) is 3.16. The van der Waals surface area contributed by atoms with Crippen LogP contribution in [0.25, 0.3) is 5.82 Å². The Hall–Kier alpha value is -2.71. The van der Waals surface area contributed by atoms with E-state index < -0.39 is 0 Å². The van der Waals surface area contributed by atoms with Gasteiger partial charge in [-0.1, -0.05) is 6.07 Å². The van der Waals surface area contributed by atoms with E-state index in [4.69, 9.17) is 0 Å². The Morgan fingerprint density at radius 1 is 1.26 bits per heavy atom. The molecule has 1 aliphatic heterocycles. The van der Waals surface area contributed by atoms with Crippen LogP contribution < -0.4 is 10.6 Å². The fourth-order valence-corrected chi connectivity index (χ4v) is 3.16. The molecule has 3 aromatic rings. The van der Waals surface area contributed by atoms with Crippen LogP contribution in [0.15, 0.2) is 49.1 Å². The minimum Gasteiger partial charge on any atom is -0.346 e. The van der Waals surface area contributed by atoms with Crippen LogP contribution in [0.2, 0.25) is 0 Å². The van der Waals surface area contributed by atoms with E-state index in [-0.39, 0.29) is 18.3 Å². The molecule has 9 heteroatoms. The van der Waals surface area contributed by atoms with Crippen LogP contribution >= 0.6 is 12.4 Å². The summed E-state index contributed by atoms with van der Waals surface area (Å²) in [6.45, 7) is 2.31. The van der Waals surface area contributed by atoms with Gasteiger partial charge in [-0.25, -0.2) is 9.67 Å². The number of nitrogens with one attached hydrogen (secondary N) is 2. The van der Waals surface area contributed by atoms with E-state index in [0.29, 0.717) is 24.1 Å². The number of piperidine rings is 1. The molecule has 1 amide bonds. The van der Waals surface area contributed by atoms with E-state index in [2.05, 4.69) is 25.8 Å². The number of rotatable bonds is 5. The lowest BCUT2D eigenvalue weighted by Crippen LogP contribution is -2.32. The molecule has 2 N–H and O–H groups in total. The van der Waals surface area contributed by atoms with Gasteiger partial charge in [0.25, 0.3) is 5.91 Å². The highest BCUT2D eigenvalue weighted by Gasteiger charge is 2.18. The third kappa shape index (κ3) is 4.35. The molecule has 1 saturated heterocycles. The van der Waals surface area contributed by atoms with Gasteiger partial charge in [0.2, 0.25) is 0 Å². The average Bonchev–Trinajstić information content (AvgIpc) is 3.39. The van der Waals surface area contributed by atoms with Crippen molar-refractivity contribution in [3.8, 4) is 5.82 Å². The second kappa shape index (κ2) is 8.79. The van der Waals surface area contributed by atoms with Crippen molar-refractivity contribution >= 4 is 18.3 Å². The number of hydrogen-bond acceptors (Lipinski definition) is 5. The molecule has 1 aliphatic rings. The lowest BCUT2D eigenvalue weighted by Gasteiger charge is -2.22. The molecule has 1 atom stereocenters. The Bertz CT molecular complexity index is 871. The third-order valence-electron chi connectivity index (χ3n) is 4.51. The maximum absolute atomic E-state index is 12.5. The van der Waals surface area contributed by atoms with Crippen LogP contribution in [0, 0.1) is 0 Å². The summed E-state index contributed by atoms with van der Waals surface area (Å²) in [5.41, 5.74) is 1.32. The van der Waals surface area contributed by atoms with Crippen molar-refractivity contribution in [2.45, 2.75) is 25.4 Å². The first-order valence-corrected chi connectivity index (χ1v) is 8.79. The Morgan fingerprint density at radius 3 is 2.96 bits per heavy atom.